The molecule has 4 rings (SSSR count). The molecular weight excluding hydrogens is 358 g/mol. The minimum atomic E-state index is 0.223. The molecule has 1 aliphatic rings. The van der Waals surface area contributed by atoms with Crippen molar-refractivity contribution in [3.05, 3.63) is 53.3 Å². The number of aliphatic hydroxyl groups is 1. The Bertz CT molecular complexity index is 913. The summed E-state index contributed by atoms with van der Waals surface area (Å²) in [5, 5.41) is 13.8. The van der Waals surface area contributed by atoms with Crippen LogP contribution >= 0.6 is 11.3 Å². The minimum absolute atomic E-state index is 0.223. The van der Waals surface area contributed by atoms with E-state index < -0.39 is 0 Å². The lowest BCUT2D eigenvalue weighted by Crippen LogP contribution is -2.31. The topological polar surface area (TPSA) is 74.2 Å². The monoisotopic (exact) mass is 381 g/mol. The first-order chi connectivity index (χ1) is 13.2. The second-order valence-electron chi connectivity index (χ2n) is 6.82. The molecule has 0 saturated carbocycles. The Balaban J connectivity index is 1.48. The highest BCUT2D eigenvalue weighted by Gasteiger charge is 2.24. The molecule has 3 aromatic rings. The number of aliphatic hydroxyl groups excluding tert-OH is 1. The third-order valence-corrected chi connectivity index (χ3v) is 5.78. The van der Waals surface area contributed by atoms with E-state index >= 15 is 0 Å². The van der Waals surface area contributed by atoms with Crippen molar-refractivity contribution < 1.29 is 5.11 Å². The first kappa shape index (κ1) is 18.0. The summed E-state index contributed by atoms with van der Waals surface area (Å²) < 4.78 is 0. The number of rotatable bonds is 6. The Hall–Kier alpha value is -2.35. The summed E-state index contributed by atoms with van der Waals surface area (Å²) in [6.07, 6.45) is 5.89. The second-order valence-corrected chi connectivity index (χ2v) is 7.93. The van der Waals surface area contributed by atoms with Crippen LogP contribution in [0.25, 0.3) is 10.6 Å². The van der Waals surface area contributed by atoms with Gasteiger partial charge < -0.3 is 10.4 Å². The third-order valence-electron chi connectivity index (χ3n) is 4.77. The van der Waals surface area contributed by atoms with Crippen LogP contribution in [0.3, 0.4) is 0 Å². The van der Waals surface area contributed by atoms with Crippen molar-refractivity contribution in [1.82, 2.24) is 19.9 Å². The Morgan fingerprint density at radius 1 is 1.26 bits per heavy atom. The second kappa shape index (κ2) is 8.12. The zero-order valence-electron chi connectivity index (χ0n) is 15.3. The molecule has 140 valence electrons. The van der Waals surface area contributed by atoms with Crippen LogP contribution in [0.4, 0.5) is 11.6 Å². The predicted molar refractivity (Wildman–Crippen MR) is 108 cm³/mol. The Labute approximate surface area is 162 Å². The number of likely N-dealkylation sites (tertiary alicyclic amines) is 1. The van der Waals surface area contributed by atoms with Gasteiger partial charge in [-0.3, -0.25) is 4.90 Å². The van der Waals surface area contributed by atoms with Crippen molar-refractivity contribution >= 4 is 23.0 Å². The van der Waals surface area contributed by atoms with E-state index in [9.17, 15) is 5.11 Å². The highest BCUT2D eigenvalue weighted by Crippen LogP contribution is 2.28. The SMILES string of the molecule is Cc1ccnc(Nc2cccc(-c3cnc(CN4CCC[C@H]4CO)s3)n2)c1. The quantitative estimate of drug-likeness (QED) is 0.679. The van der Waals surface area contributed by atoms with E-state index in [2.05, 4.69) is 20.2 Å². The molecule has 0 radical (unpaired) electrons. The van der Waals surface area contributed by atoms with Gasteiger partial charge in [-0.1, -0.05) is 6.07 Å². The number of anilines is 2. The maximum Gasteiger partial charge on any atom is 0.132 e. The van der Waals surface area contributed by atoms with Gasteiger partial charge in [-0.25, -0.2) is 15.0 Å². The van der Waals surface area contributed by atoms with Crippen molar-refractivity contribution in [1.29, 1.82) is 0 Å². The molecule has 0 aliphatic carbocycles. The molecule has 27 heavy (non-hydrogen) atoms. The molecule has 3 aromatic heterocycles. The van der Waals surface area contributed by atoms with E-state index in [1.807, 2.05) is 43.5 Å². The van der Waals surface area contributed by atoms with Gasteiger partial charge in [0, 0.05) is 18.4 Å². The maximum absolute atomic E-state index is 9.49. The third kappa shape index (κ3) is 4.32. The van der Waals surface area contributed by atoms with Crippen LogP contribution in [-0.4, -0.2) is 44.2 Å². The standard InChI is InChI=1S/C20H23N5OS/c1-14-7-8-21-19(10-14)24-18-6-2-5-16(23-18)17-11-22-20(27-17)12-25-9-3-4-15(25)13-26/h2,5-8,10-11,15,26H,3-4,9,12-13H2,1H3,(H,21,23,24)/t15-/m0/s1. The summed E-state index contributed by atoms with van der Waals surface area (Å²) in [6.45, 7) is 4.08. The van der Waals surface area contributed by atoms with E-state index in [4.69, 9.17) is 4.98 Å². The van der Waals surface area contributed by atoms with Crippen molar-refractivity contribution in [3.8, 4) is 10.6 Å². The van der Waals surface area contributed by atoms with Gasteiger partial charge in [-0.15, -0.1) is 11.3 Å². The van der Waals surface area contributed by atoms with Crippen LogP contribution in [0.2, 0.25) is 0 Å². The van der Waals surface area contributed by atoms with Crippen LogP contribution in [-0.2, 0) is 6.54 Å². The zero-order valence-corrected chi connectivity index (χ0v) is 16.1. The van der Waals surface area contributed by atoms with Crippen molar-refractivity contribution in [3.63, 3.8) is 0 Å². The van der Waals surface area contributed by atoms with Crippen molar-refractivity contribution in [2.45, 2.75) is 32.4 Å². The van der Waals surface area contributed by atoms with Crippen LogP contribution < -0.4 is 5.32 Å². The van der Waals surface area contributed by atoms with E-state index in [1.54, 1.807) is 17.5 Å². The molecule has 0 aromatic carbocycles. The molecule has 0 bridgehead atoms. The minimum Gasteiger partial charge on any atom is -0.395 e. The van der Waals surface area contributed by atoms with Crippen LogP contribution in [0.5, 0.6) is 0 Å². The van der Waals surface area contributed by atoms with E-state index in [0.29, 0.717) is 0 Å². The number of aryl methyl sites for hydroxylation is 1. The fourth-order valence-corrected chi connectivity index (χ4v) is 4.28. The lowest BCUT2D eigenvalue weighted by atomic mass is 10.2. The smallest absolute Gasteiger partial charge is 0.132 e. The van der Waals surface area contributed by atoms with E-state index in [1.165, 1.54) is 0 Å². The van der Waals surface area contributed by atoms with Gasteiger partial charge in [-0.2, -0.15) is 0 Å². The van der Waals surface area contributed by atoms with Gasteiger partial charge in [0.2, 0.25) is 0 Å². The fraction of sp³-hybridized carbons (Fsp3) is 0.350. The molecule has 4 heterocycles. The van der Waals surface area contributed by atoms with Crippen molar-refractivity contribution in [2.24, 2.45) is 0 Å². The summed E-state index contributed by atoms with van der Waals surface area (Å²) >= 11 is 1.66. The highest BCUT2D eigenvalue weighted by atomic mass is 32.1. The van der Waals surface area contributed by atoms with Gasteiger partial charge in [0.25, 0.3) is 0 Å². The predicted octanol–water partition coefficient (Wildman–Crippen LogP) is 3.61. The normalized spacial score (nSPS) is 17.3. The molecule has 1 aliphatic heterocycles. The lowest BCUT2D eigenvalue weighted by molar-refractivity contribution is 0.153. The number of thiazole rings is 1. The summed E-state index contributed by atoms with van der Waals surface area (Å²) in [4.78, 5) is 17.0. The van der Waals surface area contributed by atoms with Gasteiger partial charge in [0.15, 0.2) is 0 Å². The maximum atomic E-state index is 9.49. The Morgan fingerprint density at radius 3 is 3.04 bits per heavy atom. The number of nitrogens with one attached hydrogen (secondary N) is 1. The molecule has 0 spiro atoms. The average molecular weight is 382 g/mol. The number of aromatic nitrogens is 3. The van der Waals surface area contributed by atoms with Crippen molar-refractivity contribution in [2.75, 3.05) is 18.5 Å². The Kier molecular flexibility index (Phi) is 5.42. The Morgan fingerprint density at radius 2 is 2.19 bits per heavy atom. The summed E-state index contributed by atoms with van der Waals surface area (Å²) in [6, 6.07) is 10.2. The molecule has 2 N–H and O–H groups in total. The van der Waals surface area contributed by atoms with Crippen LogP contribution in [0.1, 0.15) is 23.4 Å². The summed E-state index contributed by atoms with van der Waals surface area (Å²) in [7, 11) is 0. The molecule has 1 fully saturated rings. The number of nitrogens with zero attached hydrogens (tertiary/aromatic N) is 4. The van der Waals surface area contributed by atoms with Crippen LogP contribution in [0, 0.1) is 6.92 Å². The first-order valence-electron chi connectivity index (χ1n) is 9.18. The number of hydrogen-bond acceptors (Lipinski definition) is 7. The summed E-state index contributed by atoms with van der Waals surface area (Å²) in [5.74, 6) is 1.55. The zero-order chi connectivity index (χ0) is 18.6. The van der Waals surface area contributed by atoms with E-state index in [-0.39, 0.29) is 12.6 Å². The van der Waals surface area contributed by atoms with Crippen LogP contribution in [0.15, 0.2) is 42.7 Å². The number of hydrogen-bond donors (Lipinski definition) is 2. The number of pyridine rings is 2. The lowest BCUT2D eigenvalue weighted by Gasteiger charge is -2.20. The molecule has 1 saturated heterocycles. The van der Waals surface area contributed by atoms with Gasteiger partial charge in [-0.05, 0) is 56.1 Å². The van der Waals surface area contributed by atoms with Gasteiger partial charge >= 0.3 is 0 Å². The highest BCUT2D eigenvalue weighted by molar-refractivity contribution is 7.15. The first-order valence-corrected chi connectivity index (χ1v) is 9.99. The van der Waals surface area contributed by atoms with E-state index in [0.717, 1.165) is 58.7 Å². The molecule has 0 unspecified atom stereocenters. The largest absolute Gasteiger partial charge is 0.395 e. The molecule has 1 atom stereocenters. The molecule has 6 nitrogen and oxygen atoms in total. The average Bonchev–Trinajstić information content (AvgIpc) is 3.32. The molecular formula is C20H23N5OS. The summed E-state index contributed by atoms with van der Waals surface area (Å²) in [5.41, 5.74) is 2.05. The molecule has 7 heteroatoms. The van der Waals surface area contributed by atoms with Gasteiger partial charge in [0.05, 0.1) is 23.7 Å². The van der Waals surface area contributed by atoms with Gasteiger partial charge in [0.1, 0.15) is 16.6 Å². The molecule has 0 amide bonds. The fourth-order valence-electron chi connectivity index (χ4n) is 3.36.